The third-order valence-electron chi connectivity index (χ3n) is 1.92. The Balaban J connectivity index is 3.49. The largest absolute Gasteiger partial charge is 0.103 e. The molecule has 0 nitrogen and oxygen atoms in total. The van der Waals surface area contributed by atoms with Crippen LogP contribution in [-0.4, -0.2) is 0 Å². The summed E-state index contributed by atoms with van der Waals surface area (Å²) in [6.45, 7) is 8.10. The molecule has 0 amide bonds. The van der Waals surface area contributed by atoms with Crippen molar-refractivity contribution in [2.75, 3.05) is 0 Å². The monoisotopic (exact) mass is 164 g/mol. The Kier molecular flexibility index (Phi) is 7.91. The van der Waals surface area contributed by atoms with E-state index in [2.05, 4.69) is 32.3 Å². The molecule has 0 saturated heterocycles. The van der Waals surface area contributed by atoms with E-state index >= 15 is 0 Å². The summed E-state index contributed by atoms with van der Waals surface area (Å²) in [5.41, 5.74) is 0. The van der Waals surface area contributed by atoms with Crippen LogP contribution in [0.3, 0.4) is 0 Å². The second-order valence-electron chi connectivity index (χ2n) is 3.03. The fourth-order valence-corrected chi connectivity index (χ4v) is 0.994. The van der Waals surface area contributed by atoms with E-state index in [4.69, 9.17) is 0 Å². The highest BCUT2D eigenvalue weighted by molar-refractivity contribution is 5.08. The average Bonchev–Trinajstić information content (AvgIpc) is 2.11. The van der Waals surface area contributed by atoms with Crippen molar-refractivity contribution >= 4 is 0 Å². The molecule has 0 rings (SSSR count). The highest BCUT2D eigenvalue weighted by atomic mass is 13.9. The quantitative estimate of drug-likeness (QED) is 0.329. The van der Waals surface area contributed by atoms with Crippen LogP contribution in [-0.2, 0) is 0 Å². The lowest BCUT2D eigenvalue weighted by Crippen LogP contribution is -1.87. The minimum absolute atomic E-state index is 0.409. The topological polar surface area (TPSA) is 0 Å². The number of unbranched alkanes of at least 4 members (excludes halogenated alkanes) is 3. The first-order valence-corrected chi connectivity index (χ1v) is 4.96. The maximum absolute atomic E-state index is 3.74. The Morgan fingerprint density at radius 2 is 2.08 bits per heavy atom. The van der Waals surface area contributed by atoms with Crippen LogP contribution >= 0.6 is 0 Å². The van der Waals surface area contributed by atoms with Crippen molar-refractivity contribution in [1.29, 1.82) is 0 Å². The molecule has 1 atom stereocenters. The standard InChI is InChI=1S/C12H20/c1-4-7-8-9-10-11-12(5-2)6-3/h5,12H,2,4,6-9H2,1,3H3/t12-/m1/s1. The zero-order valence-corrected chi connectivity index (χ0v) is 8.40. The molecule has 0 aromatic rings. The molecule has 0 saturated carbocycles. The highest BCUT2D eigenvalue weighted by Gasteiger charge is 1.91. The molecule has 0 aromatic heterocycles. The Morgan fingerprint density at radius 3 is 2.58 bits per heavy atom. The normalized spacial score (nSPS) is 11.5. The number of rotatable bonds is 5. The van der Waals surface area contributed by atoms with Crippen molar-refractivity contribution in [3.8, 4) is 11.8 Å². The van der Waals surface area contributed by atoms with Gasteiger partial charge in [0, 0.05) is 12.3 Å². The van der Waals surface area contributed by atoms with Gasteiger partial charge in [-0.1, -0.05) is 38.7 Å². The molecule has 0 fully saturated rings. The lowest BCUT2D eigenvalue weighted by molar-refractivity contribution is 0.734. The molecular weight excluding hydrogens is 144 g/mol. The van der Waals surface area contributed by atoms with E-state index in [1.54, 1.807) is 0 Å². The molecular formula is C12H20. The van der Waals surface area contributed by atoms with Gasteiger partial charge in [-0.15, -0.1) is 12.5 Å². The molecule has 0 heteroatoms. The summed E-state index contributed by atoms with van der Waals surface area (Å²) in [6.07, 6.45) is 7.91. The summed E-state index contributed by atoms with van der Waals surface area (Å²) in [5.74, 6) is 6.82. The molecule has 0 aliphatic carbocycles. The summed E-state index contributed by atoms with van der Waals surface area (Å²) >= 11 is 0. The van der Waals surface area contributed by atoms with E-state index in [9.17, 15) is 0 Å². The molecule has 0 heterocycles. The van der Waals surface area contributed by atoms with Crippen molar-refractivity contribution in [3.63, 3.8) is 0 Å². The van der Waals surface area contributed by atoms with E-state index in [1.807, 2.05) is 6.08 Å². The van der Waals surface area contributed by atoms with Crippen LogP contribution < -0.4 is 0 Å². The van der Waals surface area contributed by atoms with E-state index in [1.165, 1.54) is 19.3 Å². The number of allylic oxidation sites excluding steroid dienone is 1. The zero-order valence-electron chi connectivity index (χ0n) is 8.40. The van der Waals surface area contributed by atoms with Crippen molar-refractivity contribution in [1.82, 2.24) is 0 Å². The van der Waals surface area contributed by atoms with Gasteiger partial charge in [-0.2, -0.15) is 0 Å². The van der Waals surface area contributed by atoms with Gasteiger partial charge in [0.2, 0.25) is 0 Å². The van der Waals surface area contributed by atoms with Gasteiger partial charge in [-0.3, -0.25) is 0 Å². The maximum atomic E-state index is 3.74. The van der Waals surface area contributed by atoms with E-state index in [0.717, 1.165) is 12.8 Å². The molecule has 0 aliphatic heterocycles. The van der Waals surface area contributed by atoms with Crippen molar-refractivity contribution < 1.29 is 0 Å². The Bertz CT molecular complexity index is 157. The maximum Gasteiger partial charge on any atom is 0.0377 e. The smallest absolute Gasteiger partial charge is 0.0377 e. The molecule has 12 heavy (non-hydrogen) atoms. The fourth-order valence-electron chi connectivity index (χ4n) is 0.994. The average molecular weight is 164 g/mol. The molecule has 0 bridgehead atoms. The van der Waals surface area contributed by atoms with Gasteiger partial charge >= 0.3 is 0 Å². The van der Waals surface area contributed by atoms with Gasteiger partial charge in [0.25, 0.3) is 0 Å². The second-order valence-corrected chi connectivity index (χ2v) is 3.03. The Morgan fingerprint density at radius 1 is 1.33 bits per heavy atom. The van der Waals surface area contributed by atoms with Crippen LogP contribution in [0.2, 0.25) is 0 Å². The molecule has 0 radical (unpaired) electrons. The first-order valence-electron chi connectivity index (χ1n) is 4.96. The summed E-state index contributed by atoms with van der Waals surface area (Å²) < 4.78 is 0. The molecule has 0 aliphatic rings. The van der Waals surface area contributed by atoms with Gasteiger partial charge in [-0.25, -0.2) is 0 Å². The van der Waals surface area contributed by atoms with Gasteiger partial charge in [0.15, 0.2) is 0 Å². The van der Waals surface area contributed by atoms with Crippen LogP contribution in [0.5, 0.6) is 0 Å². The minimum atomic E-state index is 0.409. The summed E-state index contributed by atoms with van der Waals surface area (Å²) in [6, 6.07) is 0. The van der Waals surface area contributed by atoms with Crippen LogP contribution in [0.15, 0.2) is 12.7 Å². The van der Waals surface area contributed by atoms with Crippen LogP contribution in [0, 0.1) is 17.8 Å². The summed E-state index contributed by atoms with van der Waals surface area (Å²) in [7, 11) is 0. The fraction of sp³-hybridized carbons (Fsp3) is 0.667. The molecule has 0 N–H and O–H groups in total. The number of hydrogen-bond donors (Lipinski definition) is 0. The molecule has 0 unspecified atom stereocenters. The van der Waals surface area contributed by atoms with Crippen molar-refractivity contribution in [2.24, 2.45) is 5.92 Å². The van der Waals surface area contributed by atoms with Crippen molar-refractivity contribution in [2.45, 2.75) is 46.0 Å². The van der Waals surface area contributed by atoms with Crippen molar-refractivity contribution in [3.05, 3.63) is 12.7 Å². The zero-order chi connectivity index (χ0) is 9.23. The summed E-state index contributed by atoms with van der Waals surface area (Å²) in [4.78, 5) is 0. The Labute approximate surface area is 77.1 Å². The SMILES string of the molecule is C=C[C@@H](C#CCCCCC)CC. The molecule has 68 valence electrons. The van der Waals surface area contributed by atoms with Gasteiger partial charge < -0.3 is 0 Å². The van der Waals surface area contributed by atoms with E-state index < -0.39 is 0 Å². The molecule has 0 aromatic carbocycles. The van der Waals surface area contributed by atoms with Crippen LogP contribution in [0.1, 0.15) is 46.0 Å². The third-order valence-corrected chi connectivity index (χ3v) is 1.92. The van der Waals surface area contributed by atoms with Gasteiger partial charge in [0.1, 0.15) is 0 Å². The lowest BCUT2D eigenvalue weighted by atomic mass is 10.1. The second kappa shape index (κ2) is 8.40. The predicted molar refractivity (Wildman–Crippen MR) is 55.9 cm³/mol. The highest BCUT2D eigenvalue weighted by Crippen LogP contribution is 2.02. The van der Waals surface area contributed by atoms with Gasteiger partial charge in [-0.05, 0) is 12.8 Å². The van der Waals surface area contributed by atoms with Crippen LogP contribution in [0.25, 0.3) is 0 Å². The van der Waals surface area contributed by atoms with Gasteiger partial charge in [0.05, 0.1) is 0 Å². The predicted octanol–water partition coefficient (Wildman–Crippen LogP) is 3.78. The van der Waals surface area contributed by atoms with E-state index in [-0.39, 0.29) is 0 Å². The third kappa shape index (κ3) is 6.04. The Hall–Kier alpha value is -0.700. The first kappa shape index (κ1) is 11.3. The van der Waals surface area contributed by atoms with Crippen LogP contribution in [0.4, 0.5) is 0 Å². The summed E-state index contributed by atoms with van der Waals surface area (Å²) in [5, 5.41) is 0. The lowest BCUT2D eigenvalue weighted by Gasteiger charge is -1.96. The first-order chi connectivity index (χ1) is 5.85. The van der Waals surface area contributed by atoms with E-state index in [0.29, 0.717) is 5.92 Å². The molecule has 0 spiro atoms. The number of hydrogen-bond acceptors (Lipinski definition) is 0. The minimum Gasteiger partial charge on any atom is -0.103 e.